The summed E-state index contributed by atoms with van der Waals surface area (Å²) in [6.45, 7) is 5.26. The maximum Gasteiger partial charge on any atom is 0.0608 e. The van der Waals surface area contributed by atoms with E-state index < -0.39 is 0 Å². The van der Waals surface area contributed by atoms with Crippen LogP contribution in [0.2, 0.25) is 0 Å². The third kappa shape index (κ3) is 2.41. The van der Waals surface area contributed by atoms with Gasteiger partial charge in [0.25, 0.3) is 0 Å². The SMILES string of the molecule is COCC1(CSC(C)C)c2ccccc2-c2ccccc21. The monoisotopic (exact) mass is 298 g/mol. The summed E-state index contributed by atoms with van der Waals surface area (Å²) in [6.07, 6.45) is 0. The van der Waals surface area contributed by atoms with E-state index in [1.165, 1.54) is 22.3 Å². The zero-order valence-corrected chi connectivity index (χ0v) is 13.7. The van der Waals surface area contributed by atoms with Crippen LogP contribution in [0.25, 0.3) is 11.1 Å². The van der Waals surface area contributed by atoms with Crippen molar-refractivity contribution in [2.24, 2.45) is 0 Å². The summed E-state index contributed by atoms with van der Waals surface area (Å²) in [6, 6.07) is 17.6. The number of fused-ring (bicyclic) bond motifs is 3. The number of ether oxygens (including phenoxy) is 1. The molecular weight excluding hydrogens is 276 g/mol. The Labute approximate surface area is 131 Å². The summed E-state index contributed by atoms with van der Waals surface area (Å²) in [4.78, 5) is 0. The first kappa shape index (κ1) is 14.7. The van der Waals surface area contributed by atoms with Gasteiger partial charge in [0.15, 0.2) is 0 Å². The van der Waals surface area contributed by atoms with Gasteiger partial charge in [-0.25, -0.2) is 0 Å². The molecule has 0 saturated heterocycles. The first-order valence-corrected chi connectivity index (χ1v) is 8.54. The van der Waals surface area contributed by atoms with E-state index in [2.05, 4.69) is 62.4 Å². The van der Waals surface area contributed by atoms with Crippen molar-refractivity contribution in [2.75, 3.05) is 19.5 Å². The lowest BCUT2D eigenvalue weighted by Gasteiger charge is -2.31. The zero-order valence-electron chi connectivity index (χ0n) is 12.9. The molecule has 0 fully saturated rings. The fourth-order valence-electron chi connectivity index (χ4n) is 3.32. The summed E-state index contributed by atoms with van der Waals surface area (Å²) >= 11 is 2.01. The molecule has 0 N–H and O–H groups in total. The molecule has 2 heteroatoms. The molecule has 0 bridgehead atoms. The summed E-state index contributed by atoms with van der Waals surface area (Å²) in [5.41, 5.74) is 5.56. The second-order valence-electron chi connectivity index (χ2n) is 5.97. The quantitative estimate of drug-likeness (QED) is 0.788. The second-order valence-corrected chi connectivity index (χ2v) is 7.53. The minimum Gasteiger partial charge on any atom is -0.383 e. The van der Waals surface area contributed by atoms with Gasteiger partial charge < -0.3 is 4.74 Å². The Balaban J connectivity index is 2.17. The lowest BCUT2D eigenvalue weighted by Crippen LogP contribution is -2.34. The normalized spacial score (nSPS) is 15.0. The van der Waals surface area contributed by atoms with Crippen molar-refractivity contribution in [3.63, 3.8) is 0 Å². The average molecular weight is 298 g/mol. The Morgan fingerprint density at radius 2 is 1.48 bits per heavy atom. The highest BCUT2D eigenvalue weighted by Crippen LogP contribution is 2.50. The van der Waals surface area contributed by atoms with Crippen LogP contribution in [-0.4, -0.2) is 24.7 Å². The van der Waals surface area contributed by atoms with Crippen LogP contribution in [0.1, 0.15) is 25.0 Å². The molecule has 0 spiro atoms. The van der Waals surface area contributed by atoms with Crippen LogP contribution < -0.4 is 0 Å². The van der Waals surface area contributed by atoms with Gasteiger partial charge in [0.2, 0.25) is 0 Å². The van der Waals surface area contributed by atoms with E-state index in [0.717, 1.165) is 12.4 Å². The number of benzene rings is 2. The lowest BCUT2D eigenvalue weighted by molar-refractivity contribution is 0.159. The zero-order chi connectivity index (χ0) is 14.9. The fraction of sp³-hybridized carbons (Fsp3) is 0.368. The van der Waals surface area contributed by atoms with Crippen molar-refractivity contribution in [2.45, 2.75) is 24.5 Å². The molecule has 0 heterocycles. The Hall–Kier alpha value is -1.25. The van der Waals surface area contributed by atoms with E-state index in [1.807, 2.05) is 18.9 Å². The summed E-state index contributed by atoms with van der Waals surface area (Å²) in [5.74, 6) is 1.06. The van der Waals surface area contributed by atoms with Crippen LogP contribution in [0.4, 0.5) is 0 Å². The van der Waals surface area contributed by atoms with Crippen LogP contribution >= 0.6 is 11.8 Å². The summed E-state index contributed by atoms with van der Waals surface area (Å²) < 4.78 is 5.66. The van der Waals surface area contributed by atoms with E-state index >= 15 is 0 Å². The number of methoxy groups -OCH3 is 1. The van der Waals surface area contributed by atoms with Crippen molar-refractivity contribution >= 4 is 11.8 Å². The van der Waals surface area contributed by atoms with Gasteiger partial charge in [-0.3, -0.25) is 0 Å². The van der Waals surface area contributed by atoms with Crippen LogP contribution in [-0.2, 0) is 10.2 Å². The van der Waals surface area contributed by atoms with Gasteiger partial charge in [0.05, 0.1) is 12.0 Å². The topological polar surface area (TPSA) is 9.23 Å². The van der Waals surface area contributed by atoms with Crippen molar-refractivity contribution in [3.05, 3.63) is 59.7 Å². The van der Waals surface area contributed by atoms with E-state index in [9.17, 15) is 0 Å². The van der Waals surface area contributed by atoms with Crippen molar-refractivity contribution < 1.29 is 4.74 Å². The molecule has 0 atom stereocenters. The minimum atomic E-state index is -0.0170. The Bertz CT molecular complexity index is 587. The number of hydrogen-bond donors (Lipinski definition) is 0. The van der Waals surface area contributed by atoms with Gasteiger partial charge in [-0.1, -0.05) is 62.4 Å². The van der Waals surface area contributed by atoms with E-state index in [1.54, 1.807) is 0 Å². The lowest BCUT2D eigenvalue weighted by atomic mass is 9.81. The molecule has 1 aliphatic carbocycles. The smallest absolute Gasteiger partial charge is 0.0608 e. The number of thioether (sulfide) groups is 1. The van der Waals surface area contributed by atoms with Gasteiger partial charge >= 0.3 is 0 Å². The molecule has 2 aromatic carbocycles. The highest BCUT2D eigenvalue weighted by atomic mass is 32.2. The molecule has 2 aromatic rings. The maximum absolute atomic E-state index is 5.66. The standard InChI is InChI=1S/C19H22OS/c1-14(2)21-13-19(12-20-3)17-10-6-4-8-15(17)16-9-5-7-11-18(16)19/h4-11,14H,12-13H2,1-3H3. The molecule has 110 valence electrons. The molecule has 1 aliphatic rings. The van der Waals surface area contributed by atoms with Crippen molar-refractivity contribution in [3.8, 4) is 11.1 Å². The van der Waals surface area contributed by atoms with Gasteiger partial charge in [-0.05, 0) is 27.5 Å². The van der Waals surface area contributed by atoms with Crippen molar-refractivity contribution in [1.29, 1.82) is 0 Å². The minimum absolute atomic E-state index is 0.0170. The Morgan fingerprint density at radius 1 is 0.952 bits per heavy atom. The van der Waals surface area contributed by atoms with Gasteiger partial charge in [0, 0.05) is 12.9 Å². The Morgan fingerprint density at radius 3 is 1.95 bits per heavy atom. The third-order valence-electron chi connectivity index (χ3n) is 4.23. The highest BCUT2D eigenvalue weighted by Gasteiger charge is 2.43. The van der Waals surface area contributed by atoms with Gasteiger partial charge in [-0.2, -0.15) is 11.8 Å². The molecule has 0 amide bonds. The van der Waals surface area contributed by atoms with Gasteiger partial charge in [-0.15, -0.1) is 0 Å². The van der Waals surface area contributed by atoms with E-state index in [4.69, 9.17) is 4.74 Å². The molecule has 0 aromatic heterocycles. The fourth-order valence-corrected chi connectivity index (χ4v) is 4.34. The highest BCUT2D eigenvalue weighted by molar-refractivity contribution is 7.99. The first-order chi connectivity index (χ1) is 10.2. The molecule has 0 unspecified atom stereocenters. The van der Waals surface area contributed by atoms with Crippen LogP contribution in [0, 0.1) is 0 Å². The van der Waals surface area contributed by atoms with Crippen LogP contribution in [0.5, 0.6) is 0 Å². The summed E-state index contributed by atoms with van der Waals surface area (Å²) in [7, 11) is 1.81. The number of hydrogen-bond acceptors (Lipinski definition) is 2. The molecule has 0 radical (unpaired) electrons. The molecule has 0 aliphatic heterocycles. The molecule has 0 saturated carbocycles. The van der Waals surface area contributed by atoms with E-state index in [-0.39, 0.29) is 5.41 Å². The maximum atomic E-state index is 5.66. The van der Waals surface area contributed by atoms with E-state index in [0.29, 0.717) is 5.25 Å². The van der Waals surface area contributed by atoms with Crippen LogP contribution in [0.15, 0.2) is 48.5 Å². The molecular formula is C19H22OS. The molecule has 3 rings (SSSR count). The van der Waals surface area contributed by atoms with Crippen molar-refractivity contribution in [1.82, 2.24) is 0 Å². The molecule has 1 nitrogen and oxygen atoms in total. The van der Waals surface area contributed by atoms with Crippen LogP contribution in [0.3, 0.4) is 0 Å². The largest absolute Gasteiger partial charge is 0.383 e. The molecule has 21 heavy (non-hydrogen) atoms. The summed E-state index contributed by atoms with van der Waals surface area (Å²) in [5, 5.41) is 0.624. The average Bonchev–Trinajstić information content (AvgIpc) is 2.78. The second kappa shape index (κ2) is 5.86. The third-order valence-corrected chi connectivity index (χ3v) is 5.56. The Kier molecular flexibility index (Phi) is 4.10. The number of rotatable bonds is 5. The predicted molar refractivity (Wildman–Crippen MR) is 92.1 cm³/mol. The first-order valence-electron chi connectivity index (χ1n) is 7.49. The predicted octanol–water partition coefficient (Wildman–Crippen LogP) is 4.74. The van der Waals surface area contributed by atoms with Gasteiger partial charge in [0.1, 0.15) is 0 Å².